The van der Waals surface area contributed by atoms with Crippen molar-refractivity contribution >= 4 is 24.1 Å². The predicted octanol–water partition coefficient (Wildman–Crippen LogP) is 6.88. The van der Waals surface area contributed by atoms with Crippen molar-refractivity contribution in [2.75, 3.05) is 79.5 Å². The van der Waals surface area contributed by atoms with Crippen molar-refractivity contribution in [3.05, 3.63) is 60.7 Å². The number of fused-ring (bicyclic) bond motifs is 2. The van der Waals surface area contributed by atoms with Crippen LogP contribution >= 0.6 is 0 Å². The van der Waals surface area contributed by atoms with Gasteiger partial charge in [-0.05, 0) is 141 Å². The molecule has 5 N–H and O–H groups in total. The van der Waals surface area contributed by atoms with Gasteiger partial charge in [-0.1, -0.05) is 74.3 Å². The smallest absolute Gasteiger partial charge is 0.352 e. The Kier molecular flexibility index (Phi) is 19.8. The number of hydrogen-bond acceptors (Lipinski definition) is 10. The van der Waals surface area contributed by atoms with Crippen LogP contribution in [0, 0.1) is 57.2 Å². The number of amides is 5. The number of urea groups is 2. The van der Waals surface area contributed by atoms with Gasteiger partial charge in [0.25, 0.3) is 5.91 Å². The highest BCUT2D eigenvalue weighted by atomic mass is 16.2. The van der Waals surface area contributed by atoms with Crippen LogP contribution in [0.15, 0.2) is 55.1 Å². The summed E-state index contributed by atoms with van der Waals surface area (Å²) in [5.74, 6) is 2.56. The Bertz CT molecular complexity index is 1930. The summed E-state index contributed by atoms with van der Waals surface area (Å²) in [5.41, 5.74) is 7.89. The van der Waals surface area contributed by atoms with Gasteiger partial charge in [-0.2, -0.15) is 9.59 Å². The van der Waals surface area contributed by atoms with Gasteiger partial charge in [0, 0.05) is 95.8 Å². The van der Waals surface area contributed by atoms with Crippen molar-refractivity contribution in [2.45, 2.75) is 119 Å². The first kappa shape index (κ1) is 55.5. The quantitative estimate of drug-likeness (QED) is 0.238. The zero-order valence-electron chi connectivity index (χ0n) is 43.8. The van der Waals surface area contributed by atoms with Crippen LogP contribution in [0.25, 0.3) is 0 Å². The lowest BCUT2D eigenvalue weighted by atomic mass is 9.45. The Morgan fingerprint density at radius 2 is 1.09 bits per heavy atom. The molecule has 2 unspecified atom stereocenters. The number of nitrogens with two attached hydrogens (primary N) is 1. The summed E-state index contributed by atoms with van der Waals surface area (Å²) in [4.78, 5) is 71.6. The average molecular weight is 957 g/mol. The third-order valence-electron chi connectivity index (χ3n) is 18.2. The lowest BCUT2D eigenvalue weighted by Gasteiger charge is -2.61. The Labute approximate surface area is 414 Å². The van der Waals surface area contributed by atoms with Crippen LogP contribution in [0.2, 0.25) is 0 Å². The van der Waals surface area contributed by atoms with Crippen molar-refractivity contribution in [1.82, 2.24) is 45.5 Å². The van der Waals surface area contributed by atoms with Gasteiger partial charge in [-0.25, -0.2) is 9.59 Å². The van der Waals surface area contributed by atoms with Crippen molar-refractivity contribution in [3.63, 3.8) is 0 Å². The fourth-order valence-corrected chi connectivity index (χ4v) is 14.0. The van der Waals surface area contributed by atoms with Gasteiger partial charge in [0.1, 0.15) is 0 Å². The standard InChI is InChI=1S/C27H43N5O2.C21H40N4O.C5H5N.CO2/c1-19-21(18-29-24(33)20-8-6-11-28-17-20)27(4)10-7-9-26(2,3)23(27)16-22(19)30-25(34)32-14-12-31(5)13-15-32;1-15-16(14-22)21(4)8-6-7-20(2,3)18(21)13-17(15)23-19(26)25-11-9-24(5)10-12-25;1-2-4-6-5-3-1;2-1-3/h6,8,11,17,19,21-23H,7,9-10,12-16,18H2,1-5H3,(H,29,33)(H,30,34);15-18H,6-14,22H2,1-5H3,(H,23,26);1-5H;/t19-,21-,22+,23?,27+;15-,16-,17+,18?,21+;;/m00../s1. The van der Waals surface area contributed by atoms with E-state index in [1.807, 2.05) is 28.0 Å². The highest BCUT2D eigenvalue weighted by Crippen LogP contribution is 2.62. The van der Waals surface area contributed by atoms with Crippen molar-refractivity contribution in [3.8, 4) is 0 Å². The van der Waals surface area contributed by atoms with E-state index >= 15 is 0 Å². The van der Waals surface area contributed by atoms with Crippen molar-refractivity contribution in [2.24, 2.45) is 62.9 Å². The number of pyridine rings is 2. The molecule has 0 aromatic carbocycles. The lowest BCUT2D eigenvalue weighted by Crippen LogP contribution is -2.62. The number of piperazine rings is 2. The van der Waals surface area contributed by atoms with E-state index < -0.39 is 0 Å². The molecule has 15 nitrogen and oxygen atoms in total. The molecular formula is C54H88N10O5. The molecule has 4 saturated carbocycles. The number of carbonyl (C=O) groups excluding carboxylic acids is 5. The molecule has 4 heterocycles. The molecule has 2 aliphatic heterocycles. The molecule has 2 aromatic heterocycles. The summed E-state index contributed by atoms with van der Waals surface area (Å²) in [6.45, 7) is 27.5. The van der Waals surface area contributed by atoms with E-state index in [-0.39, 0.29) is 53.0 Å². The fraction of sp³-hybridized carbons (Fsp3) is 0.741. The van der Waals surface area contributed by atoms with Gasteiger partial charge in [0.2, 0.25) is 0 Å². The van der Waals surface area contributed by atoms with Crippen molar-refractivity contribution in [1.29, 1.82) is 0 Å². The fourth-order valence-electron chi connectivity index (χ4n) is 14.0. The largest absolute Gasteiger partial charge is 0.373 e. The number of likely N-dealkylation sites (N-methyl/N-ethyl adjacent to an activating group) is 2. The maximum atomic E-state index is 13.2. The maximum absolute atomic E-state index is 13.2. The van der Waals surface area contributed by atoms with E-state index in [0.717, 1.165) is 71.7 Å². The first-order valence-corrected chi connectivity index (χ1v) is 25.9. The second kappa shape index (κ2) is 24.6. The molecule has 69 heavy (non-hydrogen) atoms. The van der Waals surface area contributed by atoms with Gasteiger partial charge in [-0.3, -0.25) is 14.8 Å². The molecule has 6 fully saturated rings. The van der Waals surface area contributed by atoms with Gasteiger partial charge >= 0.3 is 18.2 Å². The minimum atomic E-state index is -0.0703. The zero-order chi connectivity index (χ0) is 50.6. The minimum absolute atomic E-state index is 0.0697. The number of nitrogens with one attached hydrogen (secondary N) is 3. The second-order valence-electron chi connectivity index (χ2n) is 23.2. The summed E-state index contributed by atoms with van der Waals surface area (Å²) < 4.78 is 0. The van der Waals surface area contributed by atoms with Crippen LogP contribution in [-0.4, -0.2) is 145 Å². The van der Waals surface area contributed by atoms with E-state index in [9.17, 15) is 14.4 Å². The highest BCUT2D eigenvalue weighted by Gasteiger charge is 2.58. The number of nitrogens with zero attached hydrogens (tertiary/aromatic N) is 6. The van der Waals surface area contributed by atoms with E-state index in [4.69, 9.17) is 15.3 Å². The molecule has 10 atom stereocenters. The van der Waals surface area contributed by atoms with E-state index in [2.05, 4.69) is 105 Å². The summed E-state index contributed by atoms with van der Waals surface area (Å²) in [6.07, 6.45) is 16.7. The zero-order valence-corrected chi connectivity index (χ0v) is 43.8. The topological polar surface area (TPSA) is 186 Å². The number of carbonyl (C=O) groups is 3. The molecule has 0 bridgehead atoms. The van der Waals surface area contributed by atoms with Crippen LogP contribution in [0.3, 0.4) is 0 Å². The lowest BCUT2D eigenvalue weighted by molar-refractivity contribution is -0.191. The first-order valence-electron chi connectivity index (χ1n) is 25.9. The molecule has 0 spiro atoms. The maximum Gasteiger partial charge on any atom is 0.373 e. The Hall–Kier alpha value is -4.43. The van der Waals surface area contributed by atoms with Crippen LogP contribution in [0.5, 0.6) is 0 Å². The summed E-state index contributed by atoms with van der Waals surface area (Å²) in [7, 11) is 4.23. The Balaban J connectivity index is 0.000000223. The predicted molar refractivity (Wildman–Crippen MR) is 271 cm³/mol. The van der Waals surface area contributed by atoms with E-state index in [0.29, 0.717) is 52.5 Å². The SMILES string of the molecule is C[C@@H]1[C@H](NC(=O)N2CCN(C)CC2)CC2C(C)(C)CCC[C@]2(C)[C@H]1CN.C[C@@H]1[C@H](NC(=O)N2CCN(C)CC2)CC2C(C)(C)CCC[C@]2(C)[C@H]1CNC(=O)c1cccnc1.O=C=O.c1ccncc1. The molecular weight excluding hydrogens is 869 g/mol. The van der Waals surface area contributed by atoms with Gasteiger partial charge < -0.3 is 41.3 Å². The average Bonchev–Trinajstić information content (AvgIpc) is 3.32. The Morgan fingerprint density at radius 1 is 0.652 bits per heavy atom. The summed E-state index contributed by atoms with van der Waals surface area (Å²) in [5, 5.41) is 10.1. The summed E-state index contributed by atoms with van der Waals surface area (Å²) >= 11 is 0. The van der Waals surface area contributed by atoms with Crippen LogP contribution in [0.4, 0.5) is 9.59 Å². The van der Waals surface area contributed by atoms with Gasteiger partial charge in [0.15, 0.2) is 0 Å². The molecule has 2 aromatic rings. The van der Waals surface area contributed by atoms with E-state index in [1.165, 1.54) is 38.5 Å². The van der Waals surface area contributed by atoms with Crippen LogP contribution < -0.4 is 21.7 Å². The third-order valence-corrected chi connectivity index (χ3v) is 18.2. The molecule has 2 saturated heterocycles. The number of hydrogen-bond donors (Lipinski definition) is 4. The molecule has 0 radical (unpaired) electrons. The first-order chi connectivity index (χ1) is 32.7. The van der Waals surface area contributed by atoms with Crippen LogP contribution in [0.1, 0.15) is 117 Å². The molecule has 4 aliphatic carbocycles. The summed E-state index contributed by atoms with van der Waals surface area (Å²) in [6, 6.07) is 9.87. The van der Waals surface area contributed by atoms with Crippen molar-refractivity contribution < 1.29 is 24.0 Å². The third kappa shape index (κ3) is 13.7. The van der Waals surface area contributed by atoms with Gasteiger partial charge in [0.05, 0.1) is 5.56 Å². The molecule has 384 valence electrons. The molecule has 15 heteroatoms. The highest BCUT2D eigenvalue weighted by molar-refractivity contribution is 5.93. The van der Waals surface area contributed by atoms with E-state index in [1.54, 1.807) is 36.9 Å². The Morgan fingerprint density at radius 3 is 1.48 bits per heavy atom. The number of rotatable bonds is 6. The monoisotopic (exact) mass is 957 g/mol. The van der Waals surface area contributed by atoms with Gasteiger partial charge in [-0.15, -0.1) is 0 Å². The minimum Gasteiger partial charge on any atom is -0.352 e. The second-order valence-corrected chi connectivity index (χ2v) is 23.2. The molecule has 8 rings (SSSR count). The number of aromatic nitrogens is 2. The normalized spacial score (nSPS) is 32.7. The molecule has 6 aliphatic rings. The van der Waals surface area contributed by atoms with Crippen LogP contribution in [-0.2, 0) is 9.59 Å². The molecule has 5 amide bonds.